The fraction of sp³-hybridized carbons (Fsp3) is 0.556. The van der Waals surface area contributed by atoms with E-state index in [-0.39, 0.29) is 24.0 Å². The van der Waals surface area contributed by atoms with Crippen LogP contribution in [-0.2, 0) is 6.54 Å². The SMILES string of the molecule is CCNC(=NCCC(C)C)NCCn1c(C)nc2ccccc21.I. The summed E-state index contributed by atoms with van der Waals surface area (Å²) in [6.07, 6.45) is 1.11. The van der Waals surface area contributed by atoms with Gasteiger partial charge in [0.25, 0.3) is 0 Å². The van der Waals surface area contributed by atoms with E-state index in [1.54, 1.807) is 0 Å². The minimum atomic E-state index is 0. The first-order valence-electron chi connectivity index (χ1n) is 8.56. The lowest BCUT2D eigenvalue weighted by Gasteiger charge is -2.13. The van der Waals surface area contributed by atoms with Gasteiger partial charge in [0, 0.05) is 26.2 Å². The van der Waals surface area contributed by atoms with Crippen molar-refractivity contribution in [3.8, 4) is 0 Å². The Kier molecular flexibility index (Phi) is 9.10. The summed E-state index contributed by atoms with van der Waals surface area (Å²) in [7, 11) is 0. The number of halogens is 1. The highest BCUT2D eigenvalue weighted by Gasteiger charge is 2.06. The van der Waals surface area contributed by atoms with Gasteiger partial charge >= 0.3 is 0 Å². The molecule has 5 nitrogen and oxygen atoms in total. The van der Waals surface area contributed by atoms with Crippen LogP contribution >= 0.6 is 24.0 Å². The van der Waals surface area contributed by atoms with E-state index < -0.39 is 0 Å². The maximum absolute atomic E-state index is 4.63. The van der Waals surface area contributed by atoms with Crippen molar-refractivity contribution in [3.63, 3.8) is 0 Å². The summed E-state index contributed by atoms with van der Waals surface area (Å²) in [4.78, 5) is 9.23. The van der Waals surface area contributed by atoms with E-state index in [9.17, 15) is 0 Å². The second-order valence-corrected chi connectivity index (χ2v) is 6.17. The smallest absolute Gasteiger partial charge is 0.191 e. The van der Waals surface area contributed by atoms with Crippen molar-refractivity contribution in [3.05, 3.63) is 30.1 Å². The molecule has 2 N–H and O–H groups in total. The highest BCUT2D eigenvalue weighted by molar-refractivity contribution is 14.0. The number of nitrogens with one attached hydrogen (secondary N) is 2. The number of aryl methyl sites for hydroxylation is 1. The van der Waals surface area contributed by atoms with Gasteiger partial charge in [-0.2, -0.15) is 0 Å². The van der Waals surface area contributed by atoms with Gasteiger partial charge in [0.05, 0.1) is 11.0 Å². The van der Waals surface area contributed by atoms with E-state index in [0.717, 1.165) is 49.9 Å². The molecule has 1 heterocycles. The van der Waals surface area contributed by atoms with Gasteiger partial charge < -0.3 is 15.2 Å². The molecule has 0 atom stereocenters. The molecule has 0 aliphatic carbocycles. The zero-order valence-electron chi connectivity index (χ0n) is 15.2. The van der Waals surface area contributed by atoms with Crippen LogP contribution in [0.2, 0.25) is 0 Å². The molecule has 0 saturated carbocycles. The van der Waals surface area contributed by atoms with Gasteiger partial charge in [-0.05, 0) is 38.3 Å². The molecule has 0 saturated heterocycles. The Balaban J connectivity index is 0.00000288. The van der Waals surface area contributed by atoms with Crippen LogP contribution < -0.4 is 10.6 Å². The molecule has 0 fully saturated rings. The number of para-hydroxylation sites is 2. The summed E-state index contributed by atoms with van der Waals surface area (Å²) in [5.41, 5.74) is 2.25. The molecule has 1 aromatic carbocycles. The number of aliphatic imine (C=N–C) groups is 1. The zero-order chi connectivity index (χ0) is 16.7. The molecule has 6 heteroatoms. The highest BCUT2D eigenvalue weighted by atomic mass is 127. The number of imidazole rings is 1. The molecule has 0 bridgehead atoms. The molecule has 24 heavy (non-hydrogen) atoms. The quantitative estimate of drug-likeness (QED) is 0.391. The largest absolute Gasteiger partial charge is 0.357 e. The Bertz CT molecular complexity index is 648. The summed E-state index contributed by atoms with van der Waals surface area (Å²) >= 11 is 0. The standard InChI is InChI=1S/C18H29N5.HI/c1-5-19-18(20-11-10-14(2)3)21-12-13-23-15(4)22-16-8-6-7-9-17(16)23;/h6-9,14H,5,10-13H2,1-4H3,(H2,19,20,21);1H. The summed E-state index contributed by atoms with van der Waals surface area (Å²) in [6, 6.07) is 8.27. The lowest BCUT2D eigenvalue weighted by molar-refractivity contribution is 0.593. The number of hydrogen-bond donors (Lipinski definition) is 2. The van der Waals surface area contributed by atoms with E-state index in [2.05, 4.69) is 71.1 Å². The van der Waals surface area contributed by atoms with Crippen LogP contribution in [0.15, 0.2) is 29.3 Å². The molecule has 2 aromatic rings. The highest BCUT2D eigenvalue weighted by Crippen LogP contribution is 2.14. The third-order valence-electron chi connectivity index (χ3n) is 3.79. The molecular formula is C18H30IN5. The Morgan fingerprint density at radius 3 is 2.71 bits per heavy atom. The Hall–Kier alpha value is -1.31. The summed E-state index contributed by atoms with van der Waals surface area (Å²) < 4.78 is 2.25. The fourth-order valence-corrected chi connectivity index (χ4v) is 2.54. The molecule has 0 aliphatic heterocycles. The normalized spacial score (nSPS) is 11.6. The van der Waals surface area contributed by atoms with Crippen molar-refractivity contribution >= 4 is 41.0 Å². The summed E-state index contributed by atoms with van der Waals surface area (Å²) in [5, 5.41) is 6.72. The van der Waals surface area contributed by atoms with Gasteiger partial charge in [-0.3, -0.25) is 4.99 Å². The molecule has 0 amide bonds. The number of guanidine groups is 1. The first-order valence-corrected chi connectivity index (χ1v) is 8.56. The van der Waals surface area contributed by atoms with Gasteiger partial charge in [0.1, 0.15) is 5.82 Å². The number of aromatic nitrogens is 2. The van der Waals surface area contributed by atoms with Crippen LogP contribution in [0.3, 0.4) is 0 Å². The third-order valence-corrected chi connectivity index (χ3v) is 3.79. The average molecular weight is 443 g/mol. The average Bonchev–Trinajstić information content (AvgIpc) is 2.83. The second kappa shape index (κ2) is 10.5. The number of hydrogen-bond acceptors (Lipinski definition) is 2. The molecule has 0 spiro atoms. The van der Waals surface area contributed by atoms with Crippen molar-refractivity contribution in [2.24, 2.45) is 10.9 Å². The van der Waals surface area contributed by atoms with Crippen molar-refractivity contribution in [2.75, 3.05) is 19.6 Å². The molecule has 0 unspecified atom stereocenters. The van der Waals surface area contributed by atoms with E-state index in [1.807, 2.05) is 6.07 Å². The Morgan fingerprint density at radius 2 is 2.00 bits per heavy atom. The van der Waals surface area contributed by atoms with Crippen molar-refractivity contribution in [1.82, 2.24) is 20.2 Å². The topological polar surface area (TPSA) is 54.2 Å². The predicted molar refractivity (Wildman–Crippen MR) is 113 cm³/mol. The zero-order valence-corrected chi connectivity index (χ0v) is 17.5. The molecular weight excluding hydrogens is 413 g/mol. The van der Waals surface area contributed by atoms with Crippen LogP contribution in [0.4, 0.5) is 0 Å². The second-order valence-electron chi connectivity index (χ2n) is 6.17. The van der Waals surface area contributed by atoms with Crippen LogP contribution in [0, 0.1) is 12.8 Å². The lowest BCUT2D eigenvalue weighted by Crippen LogP contribution is -2.39. The maximum atomic E-state index is 4.63. The monoisotopic (exact) mass is 443 g/mol. The van der Waals surface area contributed by atoms with E-state index >= 15 is 0 Å². The van der Waals surface area contributed by atoms with Crippen LogP contribution in [0.1, 0.15) is 33.0 Å². The maximum Gasteiger partial charge on any atom is 0.191 e. The van der Waals surface area contributed by atoms with E-state index in [0.29, 0.717) is 5.92 Å². The van der Waals surface area contributed by atoms with Gasteiger partial charge in [0.2, 0.25) is 0 Å². The first-order chi connectivity index (χ1) is 11.1. The Labute approximate surface area is 162 Å². The molecule has 0 aliphatic rings. The molecule has 0 radical (unpaired) electrons. The lowest BCUT2D eigenvalue weighted by atomic mass is 10.1. The van der Waals surface area contributed by atoms with Gasteiger partial charge in [0.15, 0.2) is 5.96 Å². The van der Waals surface area contributed by atoms with Gasteiger partial charge in [-0.15, -0.1) is 24.0 Å². The third kappa shape index (κ3) is 5.96. The van der Waals surface area contributed by atoms with E-state index in [4.69, 9.17) is 0 Å². The molecule has 1 aromatic heterocycles. The number of rotatable bonds is 7. The van der Waals surface area contributed by atoms with Crippen molar-refractivity contribution in [2.45, 2.75) is 40.7 Å². The predicted octanol–water partition coefficient (Wildman–Crippen LogP) is 3.56. The van der Waals surface area contributed by atoms with Gasteiger partial charge in [-0.25, -0.2) is 4.98 Å². The molecule has 2 rings (SSSR count). The van der Waals surface area contributed by atoms with E-state index in [1.165, 1.54) is 5.52 Å². The Morgan fingerprint density at radius 1 is 1.25 bits per heavy atom. The minimum Gasteiger partial charge on any atom is -0.357 e. The fourth-order valence-electron chi connectivity index (χ4n) is 2.54. The van der Waals surface area contributed by atoms with Crippen LogP contribution in [-0.4, -0.2) is 35.1 Å². The van der Waals surface area contributed by atoms with Crippen molar-refractivity contribution in [1.29, 1.82) is 0 Å². The summed E-state index contributed by atoms with van der Waals surface area (Å²) in [5.74, 6) is 2.63. The number of nitrogens with zero attached hydrogens (tertiary/aromatic N) is 3. The minimum absolute atomic E-state index is 0. The summed E-state index contributed by atoms with van der Waals surface area (Å²) in [6.45, 7) is 12.0. The van der Waals surface area contributed by atoms with Crippen molar-refractivity contribution < 1.29 is 0 Å². The number of benzene rings is 1. The van der Waals surface area contributed by atoms with Crippen LogP contribution in [0.5, 0.6) is 0 Å². The first kappa shape index (κ1) is 20.7. The number of fused-ring (bicyclic) bond motifs is 1. The van der Waals surface area contributed by atoms with Gasteiger partial charge in [-0.1, -0.05) is 26.0 Å². The van der Waals surface area contributed by atoms with Crippen LogP contribution in [0.25, 0.3) is 11.0 Å². The molecule has 134 valence electrons.